The van der Waals surface area contributed by atoms with Crippen molar-refractivity contribution in [2.75, 3.05) is 6.79 Å². The molecule has 3 heterocycles. The quantitative estimate of drug-likeness (QED) is 0.684. The van der Waals surface area contributed by atoms with E-state index in [1.807, 2.05) is 6.92 Å². The SMILES string of the molecule is CCc1ncc(S(=O)(=O)N2Cc3ccc(F)cc3Oc3cc4c(cc3C2)OCO4)[nH]1. The Bertz CT molecular complexity index is 1240. The van der Waals surface area contributed by atoms with E-state index in [0.717, 1.165) is 0 Å². The number of nitrogens with zero attached hydrogens (tertiary/aromatic N) is 2. The van der Waals surface area contributed by atoms with Crippen LogP contribution in [0.4, 0.5) is 4.39 Å². The van der Waals surface area contributed by atoms with Crippen LogP contribution in [0.2, 0.25) is 0 Å². The van der Waals surface area contributed by atoms with Crippen LogP contribution in [-0.4, -0.2) is 29.5 Å². The molecule has 0 saturated carbocycles. The summed E-state index contributed by atoms with van der Waals surface area (Å²) < 4.78 is 58.8. The number of hydrogen-bond acceptors (Lipinski definition) is 6. The first-order valence-corrected chi connectivity index (χ1v) is 10.8. The molecule has 5 rings (SSSR count). The number of halogens is 1. The number of H-pyrrole nitrogens is 1. The number of aromatic nitrogens is 2. The highest BCUT2D eigenvalue weighted by molar-refractivity contribution is 7.89. The molecule has 2 aliphatic heterocycles. The summed E-state index contributed by atoms with van der Waals surface area (Å²) in [6.07, 6.45) is 1.90. The molecule has 3 aromatic rings. The maximum Gasteiger partial charge on any atom is 0.260 e. The van der Waals surface area contributed by atoms with Gasteiger partial charge in [0.1, 0.15) is 23.1 Å². The smallest absolute Gasteiger partial charge is 0.260 e. The lowest BCUT2D eigenvalue weighted by Gasteiger charge is -2.27. The molecular weight excluding hydrogens is 413 g/mol. The zero-order chi connectivity index (χ0) is 20.9. The van der Waals surface area contributed by atoms with Gasteiger partial charge in [0, 0.05) is 42.8 Å². The molecule has 2 aliphatic rings. The summed E-state index contributed by atoms with van der Waals surface area (Å²) in [5, 5.41) is 0.00629. The van der Waals surface area contributed by atoms with Gasteiger partial charge < -0.3 is 19.2 Å². The predicted octanol–water partition coefficient (Wildman–Crippen LogP) is 3.34. The lowest BCUT2D eigenvalue weighted by Crippen LogP contribution is -2.31. The van der Waals surface area contributed by atoms with Crippen LogP contribution in [0.5, 0.6) is 23.0 Å². The van der Waals surface area contributed by atoms with Crippen LogP contribution in [-0.2, 0) is 29.5 Å². The molecule has 8 nitrogen and oxygen atoms in total. The predicted molar refractivity (Wildman–Crippen MR) is 103 cm³/mol. The largest absolute Gasteiger partial charge is 0.456 e. The second kappa shape index (κ2) is 6.99. The van der Waals surface area contributed by atoms with Gasteiger partial charge in [-0.1, -0.05) is 13.0 Å². The van der Waals surface area contributed by atoms with Gasteiger partial charge >= 0.3 is 0 Å². The van der Waals surface area contributed by atoms with E-state index < -0.39 is 15.8 Å². The topological polar surface area (TPSA) is 93.8 Å². The van der Waals surface area contributed by atoms with Crippen molar-refractivity contribution in [2.45, 2.75) is 31.5 Å². The maximum absolute atomic E-state index is 13.9. The van der Waals surface area contributed by atoms with Crippen molar-refractivity contribution < 1.29 is 27.0 Å². The fraction of sp³-hybridized carbons (Fsp3) is 0.250. The third kappa shape index (κ3) is 3.17. The summed E-state index contributed by atoms with van der Waals surface area (Å²) in [5.41, 5.74) is 1.12. The summed E-state index contributed by atoms with van der Waals surface area (Å²) in [6.45, 7) is 1.99. The first-order valence-electron chi connectivity index (χ1n) is 9.37. The van der Waals surface area contributed by atoms with E-state index in [-0.39, 0.29) is 30.7 Å². The Labute approximate surface area is 172 Å². The van der Waals surface area contributed by atoms with E-state index in [4.69, 9.17) is 14.2 Å². The second-order valence-corrected chi connectivity index (χ2v) is 8.89. The summed E-state index contributed by atoms with van der Waals surface area (Å²) in [5.74, 6) is 1.72. The molecule has 0 fully saturated rings. The number of sulfonamides is 1. The second-order valence-electron chi connectivity index (χ2n) is 6.99. The third-order valence-electron chi connectivity index (χ3n) is 5.06. The molecule has 0 radical (unpaired) electrons. The Morgan fingerprint density at radius 2 is 1.80 bits per heavy atom. The van der Waals surface area contributed by atoms with Crippen LogP contribution in [0, 0.1) is 5.82 Å². The molecule has 1 N–H and O–H groups in total. The molecule has 0 bridgehead atoms. The molecule has 0 amide bonds. The van der Waals surface area contributed by atoms with Gasteiger partial charge in [0.25, 0.3) is 10.0 Å². The summed E-state index contributed by atoms with van der Waals surface area (Å²) in [4.78, 5) is 6.97. The summed E-state index contributed by atoms with van der Waals surface area (Å²) >= 11 is 0. The van der Waals surface area contributed by atoms with E-state index in [9.17, 15) is 12.8 Å². The van der Waals surface area contributed by atoms with E-state index >= 15 is 0 Å². The zero-order valence-electron chi connectivity index (χ0n) is 16.0. The molecule has 0 aliphatic carbocycles. The highest BCUT2D eigenvalue weighted by Gasteiger charge is 2.31. The average molecular weight is 431 g/mol. The molecule has 0 saturated heterocycles. The fourth-order valence-electron chi connectivity index (χ4n) is 3.46. The van der Waals surface area contributed by atoms with Crippen LogP contribution in [0.1, 0.15) is 23.9 Å². The fourth-order valence-corrected chi connectivity index (χ4v) is 4.78. The first kappa shape index (κ1) is 18.9. The lowest BCUT2D eigenvalue weighted by molar-refractivity contribution is 0.174. The van der Waals surface area contributed by atoms with E-state index in [1.165, 1.54) is 28.7 Å². The van der Waals surface area contributed by atoms with Crippen LogP contribution < -0.4 is 14.2 Å². The van der Waals surface area contributed by atoms with Gasteiger partial charge in [-0.15, -0.1) is 0 Å². The number of hydrogen-bond donors (Lipinski definition) is 1. The first-order chi connectivity index (χ1) is 14.4. The van der Waals surface area contributed by atoms with Crippen molar-refractivity contribution in [2.24, 2.45) is 0 Å². The monoisotopic (exact) mass is 431 g/mol. The number of aryl methyl sites for hydroxylation is 1. The number of benzene rings is 2. The molecule has 0 spiro atoms. The number of rotatable bonds is 3. The number of ether oxygens (including phenoxy) is 3. The molecule has 0 atom stereocenters. The molecule has 30 heavy (non-hydrogen) atoms. The number of fused-ring (bicyclic) bond motifs is 3. The molecule has 2 aromatic carbocycles. The van der Waals surface area contributed by atoms with Gasteiger partial charge in [-0.3, -0.25) is 0 Å². The summed E-state index contributed by atoms with van der Waals surface area (Å²) in [6, 6.07) is 7.37. The minimum atomic E-state index is -3.91. The number of imidazole rings is 1. The molecule has 1 aromatic heterocycles. The van der Waals surface area contributed by atoms with Crippen molar-refractivity contribution in [3.05, 3.63) is 59.3 Å². The molecule has 10 heteroatoms. The van der Waals surface area contributed by atoms with Gasteiger partial charge in [0.05, 0.1) is 6.20 Å². The minimum Gasteiger partial charge on any atom is -0.456 e. The number of aromatic amines is 1. The van der Waals surface area contributed by atoms with E-state index in [0.29, 0.717) is 40.6 Å². The van der Waals surface area contributed by atoms with Gasteiger partial charge in [-0.2, -0.15) is 4.31 Å². The van der Waals surface area contributed by atoms with E-state index in [1.54, 1.807) is 12.1 Å². The van der Waals surface area contributed by atoms with Gasteiger partial charge in [-0.05, 0) is 12.1 Å². The summed E-state index contributed by atoms with van der Waals surface area (Å²) in [7, 11) is -3.91. The van der Waals surface area contributed by atoms with Crippen LogP contribution in [0.15, 0.2) is 41.6 Å². The van der Waals surface area contributed by atoms with Crippen LogP contribution >= 0.6 is 0 Å². The Balaban J connectivity index is 1.64. The Hall–Kier alpha value is -3.11. The molecule has 156 valence electrons. The van der Waals surface area contributed by atoms with Crippen molar-refractivity contribution in [3.8, 4) is 23.0 Å². The highest BCUT2D eigenvalue weighted by Crippen LogP contribution is 2.42. The minimum absolute atomic E-state index is 0.00626. The van der Waals surface area contributed by atoms with E-state index in [2.05, 4.69) is 9.97 Å². The van der Waals surface area contributed by atoms with Gasteiger partial charge in [0.15, 0.2) is 16.5 Å². The average Bonchev–Trinajstić information content (AvgIpc) is 3.37. The van der Waals surface area contributed by atoms with Crippen LogP contribution in [0.3, 0.4) is 0 Å². The van der Waals surface area contributed by atoms with Crippen molar-refractivity contribution in [3.63, 3.8) is 0 Å². The standard InChI is InChI=1S/C20H18FN3O5S/c1-2-19-22-8-20(23-19)30(25,26)24-9-12-3-4-14(21)6-15(12)29-16-7-18-17(27-11-28-18)5-13(16)10-24/h3-8H,2,9-11H2,1H3,(H,22,23). The zero-order valence-corrected chi connectivity index (χ0v) is 16.8. The highest BCUT2D eigenvalue weighted by atomic mass is 32.2. The van der Waals surface area contributed by atoms with Crippen molar-refractivity contribution in [1.29, 1.82) is 0 Å². The normalized spacial score (nSPS) is 15.7. The Morgan fingerprint density at radius 1 is 1.07 bits per heavy atom. The molecular formula is C20H18FN3O5S. The number of nitrogens with one attached hydrogen (secondary N) is 1. The van der Waals surface area contributed by atoms with Gasteiger partial charge in [-0.25, -0.2) is 17.8 Å². The Kier molecular flexibility index (Phi) is 4.40. The molecule has 0 unspecified atom stereocenters. The van der Waals surface area contributed by atoms with Crippen molar-refractivity contribution in [1.82, 2.24) is 14.3 Å². The lowest BCUT2D eigenvalue weighted by atomic mass is 10.1. The van der Waals surface area contributed by atoms with Gasteiger partial charge in [0.2, 0.25) is 6.79 Å². The maximum atomic E-state index is 13.9. The van der Waals surface area contributed by atoms with Crippen LogP contribution in [0.25, 0.3) is 0 Å². The van der Waals surface area contributed by atoms with Crippen molar-refractivity contribution >= 4 is 10.0 Å². The third-order valence-corrected chi connectivity index (χ3v) is 6.76. The Morgan fingerprint density at radius 3 is 2.57 bits per heavy atom.